The zero-order chi connectivity index (χ0) is 21.0. The van der Waals surface area contributed by atoms with Crippen molar-refractivity contribution in [2.24, 2.45) is 0 Å². The third-order valence-corrected chi connectivity index (χ3v) is 4.61. The van der Waals surface area contributed by atoms with E-state index in [1.54, 1.807) is 7.05 Å². The molecule has 150 valence electrons. The highest BCUT2D eigenvalue weighted by Crippen LogP contribution is 2.26. The lowest BCUT2D eigenvalue weighted by Crippen LogP contribution is -2.39. The number of non-ortho nitro benzene ring substituents is 1. The van der Waals surface area contributed by atoms with E-state index < -0.39 is 16.7 Å². The maximum absolute atomic E-state index is 12.4. The van der Waals surface area contributed by atoms with Crippen LogP contribution in [0.4, 0.5) is 10.5 Å². The summed E-state index contributed by atoms with van der Waals surface area (Å²) in [6, 6.07) is 12.9. The van der Waals surface area contributed by atoms with Crippen LogP contribution in [-0.4, -0.2) is 52.7 Å². The fraction of sp³-hybridized carbons (Fsp3) is 0.250. The minimum Gasteiger partial charge on any atom is -0.338 e. The third-order valence-electron chi connectivity index (χ3n) is 4.61. The van der Waals surface area contributed by atoms with E-state index in [0.29, 0.717) is 13.0 Å². The van der Waals surface area contributed by atoms with Gasteiger partial charge in [-0.2, -0.15) is 0 Å². The van der Waals surface area contributed by atoms with Crippen molar-refractivity contribution < 1.29 is 19.3 Å². The average molecular weight is 396 g/mol. The van der Waals surface area contributed by atoms with E-state index in [2.05, 4.69) is 5.32 Å². The summed E-state index contributed by atoms with van der Waals surface area (Å²) in [5.74, 6) is -1.03. The Kier molecular flexibility index (Phi) is 5.87. The van der Waals surface area contributed by atoms with Crippen LogP contribution in [0.3, 0.4) is 0 Å². The lowest BCUT2D eigenvalue weighted by Gasteiger charge is -2.19. The van der Waals surface area contributed by atoms with Crippen molar-refractivity contribution in [2.75, 3.05) is 20.1 Å². The van der Waals surface area contributed by atoms with Crippen molar-refractivity contribution in [1.82, 2.24) is 15.1 Å². The molecule has 9 nitrogen and oxygen atoms in total. The van der Waals surface area contributed by atoms with E-state index in [1.807, 2.05) is 30.3 Å². The number of imide groups is 1. The molecule has 0 fully saturated rings. The largest absolute Gasteiger partial charge is 0.338 e. The van der Waals surface area contributed by atoms with E-state index in [1.165, 1.54) is 17.0 Å². The van der Waals surface area contributed by atoms with Gasteiger partial charge in [-0.15, -0.1) is 0 Å². The van der Waals surface area contributed by atoms with Crippen molar-refractivity contribution >= 4 is 23.5 Å². The van der Waals surface area contributed by atoms with Gasteiger partial charge in [0.1, 0.15) is 0 Å². The van der Waals surface area contributed by atoms with Crippen molar-refractivity contribution in [1.29, 1.82) is 0 Å². The molecule has 0 spiro atoms. The molecule has 0 bridgehead atoms. The van der Waals surface area contributed by atoms with Crippen LogP contribution in [0, 0.1) is 10.1 Å². The summed E-state index contributed by atoms with van der Waals surface area (Å²) in [5, 5.41) is 13.6. The summed E-state index contributed by atoms with van der Waals surface area (Å²) in [5.41, 5.74) is 0.966. The first-order chi connectivity index (χ1) is 13.9. The quantitative estimate of drug-likeness (QED) is 0.334. The smallest absolute Gasteiger partial charge is 0.317 e. The Labute approximate surface area is 167 Å². The van der Waals surface area contributed by atoms with Crippen LogP contribution in [0.5, 0.6) is 0 Å². The Morgan fingerprint density at radius 3 is 2.48 bits per heavy atom. The highest BCUT2D eigenvalue weighted by atomic mass is 16.6. The second-order valence-corrected chi connectivity index (χ2v) is 6.68. The SMILES string of the molecule is CN(Cc1ccccc1)C(=O)NCCCN1C(=O)c2ccc([N+](=O)[O-])cc2C1=O. The maximum Gasteiger partial charge on any atom is 0.317 e. The highest BCUT2D eigenvalue weighted by molar-refractivity contribution is 6.21. The zero-order valence-corrected chi connectivity index (χ0v) is 15.8. The first-order valence-corrected chi connectivity index (χ1v) is 9.06. The lowest BCUT2D eigenvalue weighted by atomic mass is 10.1. The molecule has 0 saturated heterocycles. The average Bonchev–Trinajstić information content (AvgIpc) is 2.95. The predicted molar refractivity (Wildman–Crippen MR) is 104 cm³/mol. The summed E-state index contributed by atoms with van der Waals surface area (Å²) in [6.45, 7) is 0.859. The van der Waals surface area contributed by atoms with Gasteiger partial charge < -0.3 is 10.2 Å². The van der Waals surface area contributed by atoms with Crippen LogP contribution in [0.1, 0.15) is 32.7 Å². The molecule has 2 aromatic carbocycles. The number of hydrogen-bond donors (Lipinski definition) is 1. The molecule has 2 aromatic rings. The van der Waals surface area contributed by atoms with Gasteiger partial charge in [-0.25, -0.2) is 4.79 Å². The van der Waals surface area contributed by atoms with Gasteiger partial charge in [-0.1, -0.05) is 30.3 Å². The van der Waals surface area contributed by atoms with Crippen LogP contribution >= 0.6 is 0 Å². The van der Waals surface area contributed by atoms with Gasteiger partial charge in [0, 0.05) is 38.8 Å². The van der Waals surface area contributed by atoms with Crippen molar-refractivity contribution in [3.05, 3.63) is 75.3 Å². The maximum atomic E-state index is 12.4. The summed E-state index contributed by atoms with van der Waals surface area (Å²) >= 11 is 0. The minimum absolute atomic E-state index is 0.0378. The number of nitrogens with one attached hydrogen (secondary N) is 1. The molecule has 29 heavy (non-hydrogen) atoms. The molecule has 1 N–H and O–H groups in total. The lowest BCUT2D eigenvalue weighted by molar-refractivity contribution is -0.384. The van der Waals surface area contributed by atoms with Gasteiger partial charge in [-0.3, -0.25) is 24.6 Å². The summed E-state index contributed by atoms with van der Waals surface area (Å²) < 4.78 is 0. The Hall–Kier alpha value is -3.75. The molecular weight excluding hydrogens is 376 g/mol. The number of rotatable bonds is 7. The Morgan fingerprint density at radius 1 is 1.10 bits per heavy atom. The Balaban J connectivity index is 1.49. The van der Waals surface area contributed by atoms with Gasteiger partial charge in [-0.05, 0) is 18.1 Å². The molecule has 0 saturated carbocycles. The van der Waals surface area contributed by atoms with Crippen LogP contribution in [0.15, 0.2) is 48.5 Å². The number of amides is 4. The first kappa shape index (κ1) is 20.0. The Morgan fingerprint density at radius 2 is 1.79 bits per heavy atom. The molecule has 0 radical (unpaired) electrons. The summed E-state index contributed by atoms with van der Waals surface area (Å²) in [4.78, 5) is 49.8. The fourth-order valence-electron chi connectivity index (χ4n) is 3.09. The summed E-state index contributed by atoms with van der Waals surface area (Å²) in [6.07, 6.45) is 0.373. The molecule has 0 aromatic heterocycles. The van der Waals surface area contributed by atoms with Crippen LogP contribution in [-0.2, 0) is 6.54 Å². The van der Waals surface area contributed by atoms with Crippen molar-refractivity contribution in [3.63, 3.8) is 0 Å². The molecule has 1 heterocycles. The topological polar surface area (TPSA) is 113 Å². The van der Waals surface area contributed by atoms with Gasteiger partial charge in [0.05, 0.1) is 16.1 Å². The number of carbonyl (C=O) groups excluding carboxylic acids is 3. The fourth-order valence-corrected chi connectivity index (χ4v) is 3.09. The summed E-state index contributed by atoms with van der Waals surface area (Å²) in [7, 11) is 1.68. The van der Waals surface area contributed by atoms with Crippen LogP contribution in [0.25, 0.3) is 0 Å². The first-order valence-electron chi connectivity index (χ1n) is 9.06. The molecule has 1 aliphatic heterocycles. The third kappa shape index (κ3) is 4.40. The molecule has 3 rings (SSSR count). The van der Waals surface area contributed by atoms with Crippen molar-refractivity contribution in [3.8, 4) is 0 Å². The molecule has 0 atom stereocenters. The van der Waals surface area contributed by atoms with Gasteiger partial charge in [0.25, 0.3) is 17.5 Å². The number of nitro groups is 1. The van der Waals surface area contributed by atoms with Crippen molar-refractivity contribution in [2.45, 2.75) is 13.0 Å². The molecule has 0 unspecified atom stereocenters. The van der Waals surface area contributed by atoms with E-state index in [4.69, 9.17) is 0 Å². The molecule has 1 aliphatic rings. The number of nitrogens with zero attached hydrogens (tertiary/aromatic N) is 3. The molecular formula is C20H20N4O5. The molecule has 4 amide bonds. The second-order valence-electron chi connectivity index (χ2n) is 6.68. The number of urea groups is 1. The standard InChI is InChI=1S/C20H20N4O5/c1-22(13-14-6-3-2-4-7-14)20(27)21-10-5-11-23-18(25)16-9-8-15(24(28)29)12-17(16)19(23)26/h2-4,6-9,12H,5,10-11,13H2,1H3,(H,21,27). The normalized spacial score (nSPS) is 12.7. The van der Waals surface area contributed by atoms with E-state index >= 15 is 0 Å². The second kappa shape index (κ2) is 8.51. The number of benzene rings is 2. The van der Waals surface area contributed by atoms with Gasteiger partial charge in [0.2, 0.25) is 0 Å². The minimum atomic E-state index is -0.609. The van der Waals surface area contributed by atoms with Crippen LogP contribution < -0.4 is 5.32 Å². The number of hydrogen-bond acceptors (Lipinski definition) is 5. The Bertz CT molecular complexity index is 961. The molecule has 0 aliphatic carbocycles. The van der Waals surface area contributed by atoms with E-state index in [-0.39, 0.29) is 35.9 Å². The highest BCUT2D eigenvalue weighted by Gasteiger charge is 2.36. The predicted octanol–water partition coefficient (Wildman–Crippen LogP) is 2.42. The monoisotopic (exact) mass is 396 g/mol. The number of carbonyl (C=O) groups is 3. The molecule has 9 heteroatoms. The van der Waals surface area contributed by atoms with Gasteiger partial charge in [0.15, 0.2) is 0 Å². The zero-order valence-electron chi connectivity index (χ0n) is 15.8. The number of nitro benzene ring substituents is 1. The van der Waals surface area contributed by atoms with Gasteiger partial charge >= 0.3 is 6.03 Å². The van der Waals surface area contributed by atoms with E-state index in [0.717, 1.165) is 16.5 Å². The van der Waals surface area contributed by atoms with Crippen LogP contribution in [0.2, 0.25) is 0 Å². The van der Waals surface area contributed by atoms with E-state index in [9.17, 15) is 24.5 Å². The number of fused-ring (bicyclic) bond motifs is 1.